The van der Waals surface area contributed by atoms with Gasteiger partial charge >= 0.3 is 0 Å². The summed E-state index contributed by atoms with van der Waals surface area (Å²) in [6.45, 7) is 4.07. The number of carbonyl (C=O) groups excluding carboxylic acids is 1. The van der Waals surface area contributed by atoms with E-state index >= 15 is 0 Å². The van der Waals surface area contributed by atoms with Crippen LogP contribution in [0.25, 0.3) is 22.2 Å². The summed E-state index contributed by atoms with van der Waals surface area (Å²) in [7, 11) is 0. The van der Waals surface area contributed by atoms with Crippen molar-refractivity contribution < 1.29 is 4.79 Å². The summed E-state index contributed by atoms with van der Waals surface area (Å²) in [5.74, 6) is -0.278. The van der Waals surface area contributed by atoms with E-state index < -0.39 is 0 Å². The largest absolute Gasteiger partial charge is 0.272 e. The number of hydrogen-bond donors (Lipinski definition) is 1. The van der Waals surface area contributed by atoms with E-state index in [2.05, 4.69) is 21.6 Å². The maximum absolute atomic E-state index is 12.9. The van der Waals surface area contributed by atoms with Crippen molar-refractivity contribution in [1.82, 2.24) is 15.4 Å². The van der Waals surface area contributed by atoms with Crippen molar-refractivity contribution in [1.29, 1.82) is 0 Å². The highest BCUT2D eigenvalue weighted by atomic mass is 16.2. The quantitative estimate of drug-likeness (QED) is 0.413. The van der Waals surface area contributed by atoms with Crippen LogP contribution in [-0.4, -0.2) is 22.1 Å². The first-order chi connectivity index (χ1) is 14.1. The molecule has 0 aliphatic rings. The molecule has 2 aromatic heterocycles. The molecule has 0 unspecified atom stereocenters. The zero-order valence-electron chi connectivity index (χ0n) is 16.3. The van der Waals surface area contributed by atoms with Gasteiger partial charge in [0.15, 0.2) is 0 Å². The van der Waals surface area contributed by atoms with Gasteiger partial charge in [-0.15, -0.1) is 0 Å². The fourth-order valence-electron chi connectivity index (χ4n) is 3.22. The van der Waals surface area contributed by atoms with Crippen molar-refractivity contribution >= 4 is 23.0 Å². The van der Waals surface area contributed by atoms with Crippen LogP contribution in [0.2, 0.25) is 0 Å². The highest BCUT2D eigenvalue weighted by Gasteiger charge is 2.13. The average Bonchev–Trinajstić information content (AvgIpc) is 2.75. The third-order valence-electron chi connectivity index (χ3n) is 4.73. The molecule has 0 aliphatic carbocycles. The number of benzene rings is 2. The monoisotopic (exact) mass is 380 g/mol. The predicted molar refractivity (Wildman–Crippen MR) is 116 cm³/mol. The Kier molecular flexibility index (Phi) is 5.12. The summed E-state index contributed by atoms with van der Waals surface area (Å²) in [6, 6.07) is 19.2. The van der Waals surface area contributed by atoms with Gasteiger partial charge in [0.05, 0.1) is 23.0 Å². The van der Waals surface area contributed by atoms with E-state index in [-0.39, 0.29) is 5.91 Å². The first-order valence-corrected chi connectivity index (χ1v) is 9.32. The van der Waals surface area contributed by atoms with Crippen LogP contribution < -0.4 is 5.43 Å². The highest BCUT2D eigenvalue weighted by molar-refractivity contribution is 6.07. The molecule has 1 N–H and O–H groups in total. The maximum atomic E-state index is 12.9. The normalized spacial score (nSPS) is 11.1. The molecule has 1 amide bonds. The molecule has 2 heterocycles. The number of para-hydroxylation sites is 1. The summed E-state index contributed by atoms with van der Waals surface area (Å²) >= 11 is 0. The topological polar surface area (TPSA) is 67.2 Å². The van der Waals surface area contributed by atoms with E-state index in [9.17, 15) is 4.79 Å². The summed E-state index contributed by atoms with van der Waals surface area (Å²) in [4.78, 5) is 21.6. The van der Waals surface area contributed by atoms with Crippen molar-refractivity contribution in [2.24, 2.45) is 5.10 Å². The molecule has 0 aliphatic heterocycles. The molecule has 2 aromatic carbocycles. The van der Waals surface area contributed by atoms with Gasteiger partial charge in [-0.3, -0.25) is 9.78 Å². The van der Waals surface area contributed by atoms with Crippen molar-refractivity contribution in [3.8, 4) is 11.3 Å². The van der Waals surface area contributed by atoms with Crippen LogP contribution >= 0.6 is 0 Å². The van der Waals surface area contributed by atoms with E-state index in [0.717, 1.165) is 33.3 Å². The number of pyridine rings is 2. The van der Waals surface area contributed by atoms with Crippen molar-refractivity contribution in [3.63, 3.8) is 0 Å². The second-order valence-corrected chi connectivity index (χ2v) is 6.87. The summed E-state index contributed by atoms with van der Waals surface area (Å²) < 4.78 is 0. The molecule has 5 heteroatoms. The molecular weight excluding hydrogens is 360 g/mol. The molecule has 5 nitrogen and oxygen atoms in total. The number of hydrogen-bond acceptors (Lipinski definition) is 4. The molecule has 0 saturated carbocycles. The third kappa shape index (κ3) is 4.04. The van der Waals surface area contributed by atoms with Gasteiger partial charge in [0.25, 0.3) is 5.91 Å². The van der Waals surface area contributed by atoms with Gasteiger partial charge in [0.1, 0.15) is 0 Å². The molecule has 142 valence electrons. The highest BCUT2D eigenvalue weighted by Crippen LogP contribution is 2.24. The number of nitrogens with zero attached hydrogens (tertiary/aromatic N) is 3. The molecule has 0 fully saturated rings. The molecule has 0 saturated heterocycles. The second-order valence-electron chi connectivity index (χ2n) is 6.87. The summed E-state index contributed by atoms with van der Waals surface area (Å²) in [5.41, 5.74) is 8.82. The molecular formula is C24H20N4O. The minimum atomic E-state index is -0.278. The molecule has 0 spiro atoms. The fraction of sp³-hybridized carbons (Fsp3) is 0.0833. The smallest absolute Gasteiger partial charge is 0.267 e. The molecule has 0 atom stereocenters. The first-order valence-electron chi connectivity index (χ1n) is 9.32. The number of aromatic nitrogens is 2. The standard InChI is InChI=1S/C24H20N4O/c1-16-7-8-19(17(2)13-16)15-26-28-24(29)21-14-23(18-9-11-25-12-10-18)27-22-6-4-3-5-20(21)22/h3-15H,1-2H3,(H,28,29)/b26-15+. The Labute approximate surface area is 169 Å². The first kappa shape index (κ1) is 18.5. The van der Waals surface area contributed by atoms with Gasteiger partial charge in [0.2, 0.25) is 0 Å². The van der Waals surface area contributed by atoms with Crippen LogP contribution in [0.4, 0.5) is 0 Å². The van der Waals surface area contributed by atoms with Gasteiger partial charge < -0.3 is 0 Å². The Balaban J connectivity index is 1.67. The van der Waals surface area contributed by atoms with Crippen LogP contribution in [0.15, 0.2) is 78.2 Å². The van der Waals surface area contributed by atoms with Gasteiger partial charge in [-0.1, -0.05) is 42.0 Å². The van der Waals surface area contributed by atoms with Crippen LogP contribution in [0.1, 0.15) is 27.0 Å². The molecule has 4 rings (SSSR count). The number of nitrogens with one attached hydrogen (secondary N) is 1. The number of rotatable bonds is 4. The second kappa shape index (κ2) is 8.02. The Morgan fingerprint density at radius 3 is 2.59 bits per heavy atom. The van der Waals surface area contributed by atoms with Crippen molar-refractivity contribution in [3.05, 3.63) is 95.3 Å². The van der Waals surface area contributed by atoms with Crippen LogP contribution in [0.5, 0.6) is 0 Å². The minimum Gasteiger partial charge on any atom is -0.267 e. The average molecular weight is 380 g/mol. The number of carbonyl (C=O) groups is 1. The van der Waals surface area contributed by atoms with E-state index in [0.29, 0.717) is 5.56 Å². The van der Waals surface area contributed by atoms with Crippen LogP contribution in [0.3, 0.4) is 0 Å². The van der Waals surface area contributed by atoms with E-state index in [1.165, 1.54) is 5.56 Å². The zero-order chi connectivity index (χ0) is 20.2. The lowest BCUT2D eigenvalue weighted by atomic mass is 10.0. The van der Waals surface area contributed by atoms with Crippen molar-refractivity contribution in [2.75, 3.05) is 0 Å². The van der Waals surface area contributed by atoms with Crippen molar-refractivity contribution in [2.45, 2.75) is 13.8 Å². The van der Waals surface area contributed by atoms with Gasteiger partial charge in [0, 0.05) is 23.3 Å². The summed E-state index contributed by atoms with van der Waals surface area (Å²) in [6.07, 6.45) is 5.08. The molecule has 4 aromatic rings. The Hall–Kier alpha value is -3.86. The number of fused-ring (bicyclic) bond motifs is 1. The number of hydrazone groups is 1. The van der Waals surface area contributed by atoms with Crippen LogP contribution in [-0.2, 0) is 0 Å². The number of amides is 1. The lowest BCUT2D eigenvalue weighted by Crippen LogP contribution is -2.18. The van der Waals surface area contributed by atoms with E-state index in [1.54, 1.807) is 24.7 Å². The van der Waals surface area contributed by atoms with Gasteiger partial charge in [-0.25, -0.2) is 10.4 Å². The lowest BCUT2D eigenvalue weighted by molar-refractivity contribution is 0.0956. The maximum Gasteiger partial charge on any atom is 0.272 e. The zero-order valence-corrected chi connectivity index (χ0v) is 16.3. The van der Waals surface area contributed by atoms with Gasteiger partial charge in [-0.05, 0) is 49.2 Å². The SMILES string of the molecule is Cc1ccc(/C=N/NC(=O)c2cc(-c3ccncc3)nc3ccccc23)c(C)c1. The Bertz CT molecular complexity index is 1220. The third-order valence-corrected chi connectivity index (χ3v) is 4.73. The summed E-state index contributed by atoms with van der Waals surface area (Å²) in [5, 5.41) is 4.94. The van der Waals surface area contributed by atoms with Gasteiger partial charge in [-0.2, -0.15) is 5.10 Å². The molecule has 0 bridgehead atoms. The lowest BCUT2D eigenvalue weighted by Gasteiger charge is -2.09. The van der Waals surface area contributed by atoms with E-state index in [4.69, 9.17) is 4.98 Å². The Morgan fingerprint density at radius 1 is 1.00 bits per heavy atom. The molecule has 29 heavy (non-hydrogen) atoms. The predicted octanol–water partition coefficient (Wildman–Crippen LogP) is 4.68. The Morgan fingerprint density at radius 2 is 1.79 bits per heavy atom. The minimum absolute atomic E-state index is 0.278. The molecule has 0 radical (unpaired) electrons. The fourth-order valence-corrected chi connectivity index (χ4v) is 3.22. The van der Waals surface area contributed by atoms with E-state index in [1.807, 2.05) is 62.4 Å². The number of aryl methyl sites for hydroxylation is 2. The van der Waals surface area contributed by atoms with Crippen LogP contribution in [0, 0.1) is 13.8 Å².